The maximum atomic E-state index is 13.8. The summed E-state index contributed by atoms with van der Waals surface area (Å²) in [6.07, 6.45) is 3.04. The van der Waals surface area contributed by atoms with Crippen molar-refractivity contribution in [3.8, 4) is 23.5 Å². The standard InChI is InChI=1S/C20H19N3O5S.C18H10FN3O4/c1-13(24)28-8-2-3-9-29-18-7-5-15(12-22-18)19(25)23-17-6-4-14(11-21)10-16(17)20(26)27;19-13-4-2-1-3-11(13)16-8-15(22-26-16)17(23)21-14-6-5-10(9-20)7-12(14)18(24)25/h4-7,10,12H,2-3,8-9H2,1H3,(H,23,25)(H,26,27);1-8H,(H,21,23)(H,24,25). The minimum Gasteiger partial charge on any atom is -0.478 e. The molecule has 2 amide bonds. The SMILES string of the molecule is CC(=O)OCCCCSc1ccc(C(=O)Nc2ccc(C#N)cc2C(=O)O)cn1.N#Cc1ccc(NC(=O)c2cc(-c3ccccc3F)on2)c(C(=O)O)c1. The van der Waals surface area contributed by atoms with Crippen molar-refractivity contribution >= 4 is 52.9 Å². The molecule has 3 aromatic carbocycles. The van der Waals surface area contributed by atoms with Gasteiger partial charge in [0.15, 0.2) is 11.5 Å². The Morgan fingerprint density at radius 3 is 2.00 bits per heavy atom. The molecule has 278 valence electrons. The van der Waals surface area contributed by atoms with Gasteiger partial charge in [-0.1, -0.05) is 17.3 Å². The predicted molar refractivity (Wildman–Crippen MR) is 195 cm³/mol. The van der Waals surface area contributed by atoms with Crippen LogP contribution in [0.2, 0.25) is 0 Å². The van der Waals surface area contributed by atoms with Crippen LogP contribution in [0.1, 0.15) is 72.5 Å². The number of carboxylic acid groups (broad SMARTS) is 2. The minimum atomic E-state index is -1.30. The van der Waals surface area contributed by atoms with Crippen molar-refractivity contribution in [1.29, 1.82) is 10.5 Å². The number of nitriles is 2. The van der Waals surface area contributed by atoms with Gasteiger partial charge in [0.05, 0.1) is 68.5 Å². The van der Waals surface area contributed by atoms with Crippen LogP contribution in [-0.4, -0.2) is 62.4 Å². The highest BCUT2D eigenvalue weighted by molar-refractivity contribution is 7.99. The number of aromatic nitrogens is 2. The van der Waals surface area contributed by atoms with E-state index in [1.807, 2.05) is 12.1 Å². The van der Waals surface area contributed by atoms with Crippen molar-refractivity contribution < 1.29 is 47.8 Å². The number of esters is 1. The number of unbranched alkanes of at least 4 members (excludes halogenated alkanes) is 1. The number of hydrogen-bond acceptors (Lipinski definition) is 12. The van der Waals surface area contributed by atoms with Gasteiger partial charge < -0.3 is 30.1 Å². The lowest BCUT2D eigenvalue weighted by molar-refractivity contribution is -0.141. The zero-order valence-corrected chi connectivity index (χ0v) is 29.6. The second kappa shape index (κ2) is 19.5. The second-order valence-electron chi connectivity index (χ2n) is 11.1. The lowest BCUT2D eigenvalue weighted by Gasteiger charge is -2.09. The molecular formula is C38H29FN6O9S. The summed E-state index contributed by atoms with van der Waals surface area (Å²) in [5.41, 5.74) is 0.309. The molecule has 4 N–H and O–H groups in total. The van der Waals surface area contributed by atoms with Crippen molar-refractivity contribution in [3.05, 3.63) is 124 Å². The van der Waals surface area contributed by atoms with Gasteiger partial charge in [-0.05, 0) is 79.3 Å². The largest absolute Gasteiger partial charge is 0.478 e. The molecule has 0 aliphatic carbocycles. The number of nitrogens with one attached hydrogen (secondary N) is 2. The molecule has 0 spiro atoms. The number of thioether (sulfide) groups is 1. The van der Waals surface area contributed by atoms with Crippen LogP contribution in [0, 0.1) is 28.5 Å². The number of aromatic carboxylic acids is 2. The van der Waals surface area contributed by atoms with Crippen molar-refractivity contribution in [2.24, 2.45) is 0 Å². The summed E-state index contributed by atoms with van der Waals surface area (Å²) in [6.45, 7) is 1.77. The molecule has 0 radical (unpaired) electrons. The summed E-state index contributed by atoms with van der Waals surface area (Å²) in [4.78, 5) is 62.2. The van der Waals surface area contributed by atoms with Crippen molar-refractivity contribution in [1.82, 2.24) is 10.1 Å². The van der Waals surface area contributed by atoms with Gasteiger partial charge in [-0.3, -0.25) is 14.4 Å². The first kappa shape index (κ1) is 40.4. The Morgan fingerprint density at radius 2 is 1.45 bits per heavy atom. The molecule has 2 heterocycles. The van der Waals surface area contributed by atoms with E-state index in [1.54, 1.807) is 18.2 Å². The molecule has 0 saturated heterocycles. The van der Waals surface area contributed by atoms with E-state index >= 15 is 0 Å². The summed E-state index contributed by atoms with van der Waals surface area (Å²) in [5.74, 6) is -3.73. The van der Waals surface area contributed by atoms with E-state index in [9.17, 15) is 38.6 Å². The normalized spacial score (nSPS) is 10.1. The fraction of sp³-hybridized carbons (Fsp3) is 0.132. The topological polar surface area (TPSA) is 246 Å². The first-order valence-electron chi connectivity index (χ1n) is 16.0. The average molecular weight is 765 g/mol. The van der Waals surface area contributed by atoms with E-state index in [0.29, 0.717) is 6.61 Å². The van der Waals surface area contributed by atoms with E-state index in [-0.39, 0.29) is 62.2 Å². The first-order valence-corrected chi connectivity index (χ1v) is 17.0. The second-order valence-corrected chi connectivity index (χ2v) is 12.2. The molecule has 55 heavy (non-hydrogen) atoms. The van der Waals surface area contributed by atoms with Crippen molar-refractivity contribution in [3.63, 3.8) is 0 Å². The first-order chi connectivity index (χ1) is 26.4. The van der Waals surface area contributed by atoms with E-state index in [1.165, 1.54) is 79.5 Å². The molecule has 0 aliphatic heterocycles. The summed E-state index contributed by atoms with van der Waals surface area (Å²) < 4.78 is 23.6. The molecule has 0 fully saturated rings. The monoisotopic (exact) mass is 764 g/mol. The molecule has 15 nitrogen and oxygen atoms in total. The van der Waals surface area contributed by atoms with Crippen LogP contribution in [-0.2, 0) is 9.53 Å². The molecule has 2 aromatic heterocycles. The summed E-state index contributed by atoms with van der Waals surface area (Å²) >= 11 is 1.52. The molecule has 0 bridgehead atoms. The Labute approximate surface area is 316 Å². The van der Waals surface area contributed by atoms with Crippen LogP contribution in [0.4, 0.5) is 15.8 Å². The number of amides is 2. The summed E-state index contributed by atoms with van der Waals surface area (Å²) in [6, 6.07) is 21.9. The molecule has 0 saturated carbocycles. The summed E-state index contributed by atoms with van der Waals surface area (Å²) in [5, 5.41) is 45.5. The van der Waals surface area contributed by atoms with Crippen molar-refractivity contribution in [2.75, 3.05) is 23.0 Å². The number of carbonyl (C=O) groups is 5. The number of halogens is 1. The van der Waals surface area contributed by atoms with Gasteiger partial charge in [0.1, 0.15) is 5.82 Å². The number of carbonyl (C=O) groups excluding carboxylic acids is 3. The third-order valence-corrected chi connectivity index (χ3v) is 8.26. The number of benzene rings is 3. The number of anilines is 2. The highest BCUT2D eigenvalue weighted by atomic mass is 32.2. The average Bonchev–Trinajstić information content (AvgIpc) is 3.67. The number of nitrogens with zero attached hydrogens (tertiary/aromatic N) is 4. The van der Waals surface area contributed by atoms with Crippen LogP contribution in [0.3, 0.4) is 0 Å². The number of hydrogen-bond donors (Lipinski definition) is 4. The Bertz CT molecular complexity index is 2320. The zero-order chi connectivity index (χ0) is 39.9. The fourth-order valence-electron chi connectivity index (χ4n) is 4.55. The Hall–Kier alpha value is -7.37. The Morgan fingerprint density at radius 1 is 0.836 bits per heavy atom. The van der Waals surface area contributed by atoms with Gasteiger partial charge in [0.25, 0.3) is 11.8 Å². The molecule has 0 atom stereocenters. The molecular weight excluding hydrogens is 736 g/mol. The smallest absolute Gasteiger partial charge is 0.337 e. The van der Waals surface area contributed by atoms with Gasteiger partial charge >= 0.3 is 17.9 Å². The maximum absolute atomic E-state index is 13.8. The molecule has 5 rings (SSSR count). The Kier molecular flexibility index (Phi) is 14.3. The molecule has 5 aromatic rings. The van der Waals surface area contributed by atoms with E-state index in [0.717, 1.165) is 29.7 Å². The highest BCUT2D eigenvalue weighted by Gasteiger charge is 2.19. The van der Waals surface area contributed by atoms with Crippen LogP contribution >= 0.6 is 11.8 Å². The van der Waals surface area contributed by atoms with Crippen LogP contribution in [0.5, 0.6) is 0 Å². The predicted octanol–water partition coefficient (Wildman–Crippen LogP) is 6.64. The highest BCUT2D eigenvalue weighted by Crippen LogP contribution is 2.25. The number of rotatable bonds is 13. The van der Waals surface area contributed by atoms with Crippen LogP contribution < -0.4 is 10.6 Å². The zero-order valence-electron chi connectivity index (χ0n) is 28.7. The van der Waals surface area contributed by atoms with Crippen LogP contribution in [0.15, 0.2) is 94.6 Å². The molecule has 17 heteroatoms. The van der Waals surface area contributed by atoms with Gasteiger partial charge in [0, 0.05) is 19.2 Å². The van der Waals surface area contributed by atoms with E-state index < -0.39 is 29.6 Å². The van der Waals surface area contributed by atoms with E-state index in [2.05, 4.69) is 20.8 Å². The molecule has 0 unspecified atom stereocenters. The lowest BCUT2D eigenvalue weighted by atomic mass is 10.1. The fourth-order valence-corrected chi connectivity index (χ4v) is 5.40. The van der Waals surface area contributed by atoms with Gasteiger partial charge in [-0.25, -0.2) is 19.0 Å². The maximum Gasteiger partial charge on any atom is 0.337 e. The number of pyridine rings is 1. The summed E-state index contributed by atoms with van der Waals surface area (Å²) in [7, 11) is 0. The number of ether oxygens (including phenoxy) is 1. The minimum absolute atomic E-state index is 0.00283. The van der Waals surface area contributed by atoms with Gasteiger partial charge in [0.2, 0.25) is 0 Å². The van der Waals surface area contributed by atoms with Crippen molar-refractivity contribution in [2.45, 2.75) is 24.8 Å². The molecule has 0 aliphatic rings. The van der Waals surface area contributed by atoms with Crippen LogP contribution in [0.25, 0.3) is 11.3 Å². The number of carboxylic acids is 2. The van der Waals surface area contributed by atoms with Gasteiger partial charge in [-0.15, -0.1) is 11.8 Å². The quantitative estimate of drug-likeness (QED) is 0.0558. The third-order valence-electron chi connectivity index (χ3n) is 7.23. The third kappa shape index (κ3) is 11.6. The Balaban J connectivity index is 0.000000246. The van der Waals surface area contributed by atoms with E-state index in [4.69, 9.17) is 19.8 Å². The lowest BCUT2D eigenvalue weighted by Crippen LogP contribution is -2.15. The van der Waals surface area contributed by atoms with Gasteiger partial charge in [-0.2, -0.15) is 10.5 Å².